The number of amides is 2. The maximum Gasteiger partial charge on any atom is 0.317 e. The molecule has 0 heterocycles. The zero-order chi connectivity index (χ0) is 15.9. The van der Waals surface area contributed by atoms with Crippen LogP contribution in [0.5, 0.6) is 0 Å². The van der Waals surface area contributed by atoms with Crippen LogP contribution in [-0.4, -0.2) is 42.3 Å². The lowest BCUT2D eigenvalue weighted by Gasteiger charge is -2.29. The molecule has 0 spiro atoms. The minimum absolute atomic E-state index is 0.0916. The summed E-state index contributed by atoms with van der Waals surface area (Å²) in [5, 5.41) is 12.3. The van der Waals surface area contributed by atoms with Crippen LogP contribution in [0, 0.1) is 5.92 Å². The molecule has 2 rings (SSSR count). The second kappa shape index (κ2) is 8.18. The van der Waals surface area contributed by atoms with Gasteiger partial charge in [-0.05, 0) is 50.0 Å². The molecule has 122 valence electrons. The zero-order valence-electron chi connectivity index (χ0n) is 13.7. The maximum absolute atomic E-state index is 11.9. The molecule has 1 unspecified atom stereocenters. The molecule has 0 bridgehead atoms. The highest BCUT2D eigenvalue weighted by Gasteiger charge is 2.23. The number of nitrogens with zero attached hydrogens (tertiary/aromatic N) is 1. The molecule has 4 heteroatoms. The van der Waals surface area contributed by atoms with Gasteiger partial charge in [0, 0.05) is 20.1 Å². The van der Waals surface area contributed by atoms with Crippen LogP contribution in [0.4, 0.5) is 4.79 Å². The maximum atomic E-state index is 11.9. The first-order chi connectivity index (χ1) is 10.6. The van der Waals surface area contributed by atoms with Crippen molar-refractivity contribution in [2.45, 2.75) is 44.6 Å². The molecule has 0 radical (unpaired) electrons. The predicted octanol–water partition coefficient (Wildman–Crippen LogP) is 2.98. The molecule has 1 aliphatic carbocycles. The van der Waals surface area contributed by atoms with Crippen molar-refractivity contribution < 1.29 is 9.90 Å². The van der Waals surface area contributed by atoms with Gasteiger partial charge in [-0.25, -0.2) is 4.79 Å². The quantitative estimate of drug-likeness (QED) is 0.878. The van der Waals surface area contributed by atoms with Crippen molar-refractivity contribution in [3.8, 4) is 0 Å². The fourth-order valence-corrected chi connectivity index (χ4v) is 3.27. The Labute approximate surface area is 133 Å². The molecule has 1 atom stereocenters. The van der Waals surface area contributed by atoms with Crippen molar-refractivity contribution in [1.29, 1.82) is 0 Å². The van der Waals surface area contributed by atoms with Gasteiger partial charge in [0.05, 0.1) is 6.10 Å². The van der Waals surface area contributed by atoms with Crippen LogP contribution < -0.4 is 5.32 Å². The van der Waals surface area contributed by atoms with E-state index in [0.29, 0.717) is 18.4 Å². The number of likely N-dealkylation sites (N-methyl/N-ethyl adjacent to an activating group) is 1. The molecule has 0 aromatic heterocycles. The molecule has 2 amide bonds. The summed E-state index contributed by atoms with van der Waals surface area (Å²) in [7, 11) is 1.72. The summed E-state index contributed by atoms with van der Waals surface area (Å²) in [6, 6.07) is 10.6. The minimum atomic E-state index is -0.489. The zero-order valence-corrected chi connectivity index (χ0v) is 13.7. The van der Waals surface area contributed by atoms with Crippen molar-refractivity contribution in [2.75, 3.05) is 20.1 Å². The van der Waals surface area contributed by atoms with Gasteiger partial charge in [-0.15, -0.1) is 0 Å². The summed E-state index contributed by atoms with van der Waals surface area (Å²) in [4.78, 5) is 13.5. The minimum Gasteiger partial charge on any atom is -0.392 e. The van der Waals surface area contributed by atoms with Crippen LogP contribution in [0.3, 0.4) is 0 Å². The molecule has 22 heavy (non-hydrogen) atoms. The average molecular weight is 304 g/mol. The van der Waals surface area contributed by atoms with Crippen LogP contribution >= 0.6 is 0 Å². The van der Waals surface area contributed by atoms with Gasteiger partial charge in [-0.1, -0.05) is 30.3 Å². The van der Waals surface area contributed by atoms with Crippen LogP contribution in [0.25, 0.3) is 0 Å². The highest BCUT2D eigenvalue weighted by atomic mass is 16.3. The van der Waals surface area contributed by atoms with Crippen LogP contribution in [0.1, 0.15) is 44.1 Å². The first-order valence-corrected chi connectivity index (χ1v) is 8.28. The number of hydrogen-bond acceptors (Lipinski definition) is 2. The molecule has 1 fully saturated rings. The number of rotatable bonds is 5. The molecule has 2 N–H and O–H groups in total. The normalized spacial score (nSPS) is 22.9. The van der Waals surface area contributed by atoms with Gasteiger partial charge < -0.3 is 15.3 Å². The first-order valence-electron chi connectivity index (χ1n) is 8.28. The number of urea groups is 1. The van der Waals surface area contributed by atoms with Gasteiger partial charge in [-0.3, -0.25) is 0 Å². The molecule has 0 aliphatic heterocycles. The molecular weight excluding hydrogens is 276 g/mol. The van der Waals surface area contributed by atoms with Crippen LogP contribution in [0.2, 0.25) is 0 Å². The van der Waals surface area contributed by atoms with Gasteiger partial charge in [0.25, 0.3) is 0 Å². The molecule has 1 aromatic rings. The lowest BCUT2D eigenvalue weighted by atomic mass is 9.79. The SMILES string of the molecule is CC(O)CN(C)C(=O)NCC1CCC(c2ccccc2)CC1. The Morgan fingerprint density at radius 2 is 1.91 bits per heavy atom. The van der Waals surface area contributed by atoms with E-state index in [1.807, 2.05) is 0 Å². The van der Waals surface area contributed by atoms with Crippen molar-refractivity contribution in [1.82, 2.24) is 10.2 Å². The van der Waals surface area contributed by atoms with Gasteiger partial charge in [0.15, 0.2) is 0 Å². The van der Waals surface area contributed by atoms with E-state index in [1.54, 1.807) is 18.9 Å². The van der Waals surface area contributed by atoms with Gasteiger partial charge in [0.1, 0.15) is 0 Å². The van der Waals surface area contributed by atoms with Gasteiger partial charge in [-0.2, -0.15) is 0 Å². The third kappa shape index (κ3) is 5.02. The second-order valence-corrected chi connectivity index (χ2v) is 6.54. The Hall–Kier alpha value is -1.55. The van der Waals surface area contributed by atoms with Gasteiger partial charge >= 0.3 is 6.03 Å². The number of carbonyl (C=O) groups is 1. The molecular formula is C18H28N2O2. The largest absolute Gasteiger partial charge is 0.392 e. The van der Waals surface area contributed by atoms with E-state index in [0.717, 1.165) is 6.54 Å². The second-order valence-electron chi connectivity index (χ2n) is 6.54. The molecule has 1 aliphatic rings. The third-order valence-corrected chi connectivity index (χ3v) is 4.54. The number of aliphatic hydroxyl groups excluding tert-OH is 1. The predicted molar refractivity (Wildman–Crippen MR) is 88.9 cm³/mol. The lowest BCUT2D eigenvalue weighted by Crippen LogP contribution is -2.42. The highest BCUT2D eigenvalue weighted by molar-refractivity contribution is 5.73. The van der Waals surface area contributed by atoms with Crippen molar-refractivity contribution >= 4 is 6.03 Å². The van der Waals surface area contributed by atoms with E-state index in [9.17, 15) is 9.90 Å². The van der Waals surface area contributed by atoms with Crippen molar-refractivity contribution in [2.24, 2.45) is 5.92 Å². The van der Waals surface area contributed by atoms with E-state index < -0.39 is 6.10 Å². The number of nitrogens with one attached hydrogen (secondary N) is 1. The Morgan fingerprint density at radius 3 is 2.50 bits per heavy atom. The average Bonchev–Trinajstić information content (AvgIpc) is 2.53. The van der Waals surface area contributed by atoms with E-state index in [4.69, 9.17) is 0 Å². The summed E-state index contributed by atoms with van der Waals surface area (Å²) >= 11 is 0. The summed E-state index contributed by atoms with van der Waals surface area (Å²) in [6.45, 7) is 2.80. The Bertz CT molecular complexity index is 453. The number of aliphatic hydroxyl groups is 1. The monoisotopic (exact) mass is 304 g/mol. The Kier molecular flexibility index (Phi) is 6.25. The van der Waals surface area contributed by atoms with E-state index in [-0.39, 0.29) is 6.03 Å². The van der Waals surface area contributed by atoms with E-state index >= 15 is 0 Å². The number of hydrogen-bond donors (Lipinski definition) is 2. The summed E-state index contributed by atoms with van der Waals surface area (Å²) in [5.74, 6) is 1.25. The summed E-state index contributed by atoms with van der Waals surface area (Å²) in [6.07, 6.45) is 4.25. The van der Waals surface area contributed by atoms with E-state index in [1.165, 1.54) is 31.2 Å². The van der Waals surface area contributed by atoms with Crippen molar-refractivity contribution in [3.05, 3.63) is 35.9 Å². The number of carbonyl (C=O) groups excluding carboxylic acids is 1. The van der Waals surface area contributed by atoms with Crippen molar-refractivity contribution in [3.63, 3.8) is 0 Å². The molecule has 4 nitrogen and oxygen atoms in total. The molecule has 0 saturated heterocycles. The van der Waals surface area contributed by atoms with E-state index in [2.05, 4.69) is 35.6 Å². The lowest BCUT2D eigenvalue weighted by molar-refractivity contribution is 0.142. The topological polar surface area (TPSA) is 52.6 Å². The summed E-state index contributed by atoms with van der Waals surface area (Å²) in [5.41, 5.74) is 1.45. The fraction of sp³-hybridized carbons (Fsp3) is 0.611. The highest BCUT2D eigenvalue weighted by Crippen LogP contribution is 2.35. The summed E-state index contributed by atoms with van der Waals surface area (Å²) < 4.78 is 0. The third-order valence-electron chi connectivity index (χ3n) is 4.54. The van der Waals surface area contributed by atoms with Gasteiger partial charge in [0.2, 0.25) is 0 Å². The Balaban J connectivity index is 1.70. The Morgan fingerprint density at radius 1 is 1.27 bits per heavy atom. The van der Waals surface area contributed by atoms with Crippen LogP contribution in [-0.2, 0) is 0 Å². The molecule has 1 aromatic carbocycles. The standard InChI is InChI=1S/C18H28N2O2/c1-14(21)13-20(2)18(22)19-12-15-8-10-17(11-9-15)16-6-4-3-5-7-16/h3-7,14-15,17,21H,8-13H2,1-2H3,(H,19,22). The fourth-order valence-electron chi connectivity index (χ4n) is 3.27. The first kappa shape index (κ1) is 16.8. The molecule has 1 saturated carbocycles. The smallest absolute Gasteiger partial charge is 0.317 e. The van der Waals surface area contributed by atoms with Crippen LogP contribution in [0.15, 0.2) is 30.3 Å². The number of benzene rings is 1.